The molecule has 1 spiro atoms. The van der Waals surface area contributed by atoms with Crippen molar-refractivity contribution in [3.8, 4) is 0 Å². The number of carbonyl (C=O) groups is 2. The van der Waals surface area contributed by atoms with Crippen LogP contribution in [0.1, 0.15) is 37.7 Å². The van der Waals surface area contributed by atoms with E-state index >= 15 is 0 Å². The van der Waals surface area contributed by atoms with Gasteiger partial charge in [0.15, 0.2) is 0 Å². The molecule has 6 heteroatoms. The molecule has 1 unspecified atom stereocenters. The summed E-state index contributed by atoms with van der Waals surface area (Å²) in [6.45, 7) is 5.27. The van der Waals surface area contributed by atoms with Gasteiger partial charge in [-0.1, -0.05) is 0 Å². The second-order valence-corrected chi connectivity index (χ2v) is 8.99. The van der Waals surface area contributed by atoms with E-state index in [0.717, 1.165) is 71.4 Å². The zero-order chi connectivity index (χ0) is 19.6. The molecule has 3 aliphatic rings. The lowest BCUT2D eigenvalue weighted by atomic mass is 9.72. The molecule has 4 heterocycles. The van der Waals surface area contributed by atoms with E-state index in [0.29, 0.717) is 12.3 Å². The smallest absolute Gasteiger partial charge is 0.227 e. The summed E-state index contributed by atoms with van der Waals surface area (Å²) in [6.07, 6.45) is 9.18. The molecule has 152 valence electrons. The molecule has 0 aromatic carbocycles. The van der Waals surface area contributed by atoms with Crippen LogP contribution >= 0.6 is 0 Å². The minimum Gasteiger partial charge on any atom is -0.342 e. The van der Waals surface area contributed by atoms with Gasteiger partial charge in [0.1, 0.15) is 0 Å². The Morgan fingerprint density at radius 2 is 1.93 bits per heavy atom. The number of pyridine rings is 1. The van der Waals surface area contributed by atoms with E-state index in [4.69, 9.17) is 0 Å². The Balaban J connectivity index is 1.31. The summed E-state index contributed by atoms with van der Waals surface area (Å²) >= 11 is 0. The summed E-state index contributed by atoms with van der Waals surface area (Å²) in [7, 11) is 2.10. The lowest BCUT2D eigenvalue weighted by molar-refractivity contribution is -0.144. The fraction of sp³-hybridized carbons (Fsp3) is 0.682. The van der Waals surface area contributed by atoms with Crippen molar-refractivity contribution in [2.24, 2.45) is 11.3 Å². The van der Waals surface area contributed by atoms with Crippen LogP contribution in [0.25, 0.3) is 0 Å². The highest BCUT2D eigenvalue weighted by Crippen LogP contribution is 2.40. The van der Waals surface area contributed by atoms with Gasteiger partial charge >= 0.3 is 0 Å². The molecule has 0 saturated carbocycles. The van der Waals surface area contributed by atoms with E-state index in [1.54, 1.807) is 0 Å². The van der Waals surface area contributed by atoms with Crippen LogP contribution in [0.15, 0.2) is 24.5 Å². The summed E-state index contributed by atoms with van der Waals surface area (Å²) in [6, 6.07) is 4.05. The molecule has 28 heavy (non-hydrogen) atoms. The normalized spacial score (nSPS) is 25.5. The highest BCUT2D eigenvalue weighted by molar-refractivity contribution is 5.79. The third-order valence-corrected chi connectivity index (χ3v) is 7.04. The Kier molecular flexibility index (Phi) is 5.67. The van der Waals surface area contributed by atoms with Gasteiger partial charge in [0.25, 0.3) is 0 Å². The molecule has 1 atom stereocenters. The van der Waals surface area contributed by atoms with Crippen LogP contribution < -0.4 is 0 Å². The summed E-state index contributed by atoms with van der Waals surface area (Å²) < 4.78 is 0. The van der Waals surface area contributed by atoms with Crippen molar-refractivity contribution in [3.63, 3.8) is 0 Å². The molecule has 0 N–H and O–H groups in total. The first-order valence-electron chi connectivity index (χ1n) is 10.7. The molecule has 6 nitrogen and oxygen atoms in total. The van der Waals surface area contributed by atoms with Crippen LogP contribution in [0.5, 0.6) is 0 Å². The zero-order valence-corrected chi connectivity index (χ0v) is 17.0. The minimum absolute atomic E-state index is 0.184. The quantitative estimate of drug-likeness (QED) is 0.794. The predicted octanol–water partition coefficient (Wildman–Crippen LogP) is 1.81. The number of nitrogens with zero attached hydrogens (tertiary/aromatic N) is 4. The van der Waals surface area contributed by atoms with Gasteiger partial charge in [-0.3, -0.25) is 14.6 Å². The molecule has 3 fully saturated rings. The fourth-order valence-electron chi connectivity index (χ4n) is 5.12. The Hall–Kier alpha value is -1.95. The van der Waals surface area contributed by atoms with Crippen molar-refractivity contribution in [1.29, 1.82) is 0 Å². The maximum atomic E-state index is 12.8. The van der Waals surface area contributed by atoms with Crippen LogP contribution in [0.4, 0.5) is 0 Å². The Morgan fingerprint density at radius 1 is 1.18 bits per heavy atom. The molecule has 0 aliphatic carbocycles. The number of hydrogen-bond acceptors (Lipinski definition) is 4. The molecule has 0 radical (unpaired) electrons. The second-order valence-electron chi connectivity index (χ2n) is 8.99. The summed E-state index contributed by atoms with van der Waals surface area (Å²) in [5.41, 5.74) is 1.43. The fourth-order valence-corrected chi connectivity index (χ4v) is 5.12. The molecular formula is C22H32N4O2. The van der Waals surface area contributed by atoms with E-state index in [-0.39, 0.29) is 17.2 Å². The Bertz CT molecular complexity index is 700. The second kappa shape index (κ2) is 8.19. The highest BCUT2D eigenvalue weighted by atomic mass is 16.2. The topological polar surface area (TPSA) is 56.8 Å². The van der Waals surface area contributed by atoms with E-state index in [9.17, 15) is 9.59 Å². The summed E-state index contributed by atoms with van der Waals surface area (Å²) in [5.74, 6) is 0.816. The lowest BCUT2D eigenvalue weighted by Gasteiger charge is -2.47. The van der Waals surface area contributed by atoms with Crippen LogP contribution in [0.2, 0.25) is 0 Å². The SMILES string of the molecule is CN1CCC(C(=O)N2CCC3(CCC(=O)N(CCc4ccncc4)C3)CC2)C1. The van der Waals surface area contributed by atoms with Gasteiger partial charge < -0.3 is 14.7 Å². The molecule has 1 aromatic heterocycles. The average Bonchev–Trinajstić information content (AvgIpc) is 3.16. The van der Waals surface area contributed by atoms with Gasteiger partial charge in [-0.2, -0.15) is 0 Å². The third-order valence-electron chi connectivity index (χ3n) is 7.04. The lowest BCUT2D eigenvalue weighted by Crippen LogP contribution is -2.53. The number of likely N-dealkylation sites (tertiary alicyclic amines) is 3. The molecule has 3 aliphatic heterocycles. The predicted molar refractivity (Wildman–Crippen MR) is 108 cm³/mol. The van der Waals surface area contributed by atoms with Crippen molar-refractivity contribution in [2.75, 3.05) is 46.3 Å². The highest BCUT2D eigenvalue weighted by Gasteiger charge is 2.42. The Morgan fingerprint density at radius 3 is 2.61 bits per heavy atom. The van der Waals surface area contributed by atoms with Gasteiger partial charge in [-0.05, 0) is 68.8 Å². The van der Waals surface area contributed by atoms with Crippen molar-refractivity contribution < 1.29 is 9.59 Å². The van der Waals surface area contributed by atoms with E-state index in [1.807, 2.05) is 24.5 Å². The monoisotopic (exact) mass is 384 g/mol. The van der Waals surface area contributed by atoms with Crippen LogP contribution in [0.3, 0.4) is 0 Å². The number of aromatic nitrogens is 1. The van der Waals surface area contributed by atoms with E-state index in [1.165, 1.54) is 5.56 Å². The van der Waals surface area contributed by atoms with Crippen LogP contribution in [-0.4, -0.2) is 77.8 Å². The third kappa shape index (κ3) is 4.22. The van der Waals surface area contributed by atoms with Gasteiger partial charge in [-0.25, -0.2) is 0 Å². The largest absolute Gasteiger partial charge is 0.342 e. The number of piperidine rings is 2. The van der Waals surface area contributed by atoms with Gasteiger partial charge in [0.2, 0.25) is 11.8 Å². The van der Waals surface area contributed by atoms with Crippen molar-refractivity contribution >= 4 is 11.8 Å². The van der Waals surface area contributed by atoms with Crippen molar-refractivity contribution in [3.05, 3.63) is 30.1 Å². The van der Waals surface area contributed by atoms with Crippen molar-refractivity contribution in [1.82, 2.24) is 19.7 Å². The van der Waals surface area contributed by atoms with Gasteiger partial charge in [0, 0.05) is 51.5 Å². The average molecular weight is 385 g/mol. The minimum atomic E-state index is 0.184. The Labute approximate surface area is 167 Å². The van der Waals surface area contributed by atoms with E-state index in [2.05, 4.69) is 26.7 Å². The first-order valence-corrected chi connectivity index (χ1v) is 10.7. The van der Waals surface area contributed by atoms with Gasteiger partial charge in [-0.15, -0.1) is 0 Å². The first kappa shape index (κ1) is 19.4. The van der Waals surface area contributed by atoms with Crippen LogP contribution in [0, 0.1) is 11.3 Å². The molecule has 3 saturated heterocycles. The molecule has 2 amide bonds. The maximum absolute atomic E-state index is 12.8. The number of rotatable bonds is 4. The zero-order valence-electron chi connectivity index (χ0n) is 17.0. The van der Waals surface area contributed by atoms with Gasteiger partial charge in [0.05, 0.1) is 5.92 Å². The summed E-state index contributed by atoms with van der Waals surface area (Å²) in [4.78, 5) is 35.8. The van der Waals surface area contributed by atoms with E-state index < -0.39 is 0 Å². The van der Waals surface area contributed by atoms with Crippen LogP contribution in [-0.2, 0) is 16.0 Å². The number of carbonyl (C=O) groups excluding carboxylic acids is 2. The molecular weight excluding hydrogens is 352 g/mol. The maximum Gasteiger partial charge on any atom is 0.227 e. The number of hydrogen-bond donors (Lipinski definition) is 0. The standard InChI is InChI=1S/C22H32N4O2/c1-24-12-6-19(16-24)21(28)25-14-8-22(9-15-25)7-2-20(27)26(17-22)13-5-18-3-10-23-11-4-18/h3-4,10-11,19H,2,5-9,12-17H2,1H3. The molecule has 4 rings (SSSR count). The number of amides is 2. The summed E-state index contributed by atoms with van der Waals surface area (Å²) in [5, 5.41) is 0. The first-order chi connectivity index (χ1) is 13.5. The molecule has 1 aromatic rings. The van der Waals surface area contributed by atoms with Crippen molar-refractivity contribution in [2.45, 2.75) is 38.5 Å². The molecule has 0 bridgehead atoms.